The molecule has 0 aliphatic rings. The minimum Gasteiger partial charge on any atom is -0.295 e. The van der Waals surface area contributed by atoms with Crippen LogP contribution in [0.3, 0.4) is 0 Å². The van der Waals surface area contributed by atoms with Crippen LogP contribution in [0.1, 0.15) is 25.8 Å². The molecule has 1 nitrogen and oxygen atoms in total. The van der Waals surface area contributed by atoms with E-state index in [0.717, 1.165) is 11.1 Å². The van der Waals surface area contributed by atoms with Crippen molar-refractivity contribution in [3.05, 3.63) is 53.6 Å². The van der Waals surface area contributed by atoms with Gasteiger partial charge >= 0.3 is 0 Å². The van der Waals surface area contributed by atoms with Gasteiger partial charge in [-0.15, -0.1) is 0 Å². The second-order valence-electron chi connectivity index (χ2n) is 3.52. The van der Waals surface area contributed by atoms with Crippen molar-refractivity contribution < 1.29 is 4.79 Å². The van der Waals surface area contributed by atoms with Gasteiger partial charge in [-0.1, -0.05) is 48.1 Å². The molecule has 15 heavy (non-hydrogen) atoms. The SMILES string of the molecule is C/C=C(/C)CC(=O)/C=C/c1ccccc1. The standard InChI is InChI=1S/C14H16O/c1-3-12(2)11-14(15)10-9-13-7-5-4-6-8-13/h3-10H,11H2,1-2H3/b10-9+,12-3-. The van der Waals surface area contributed by atoms with Crippen molar-refractivity contribution in [1.29, 1.82) is 0 Å². The third-order valence-corrected chi connectivity index (χ3v) is 2.21. The van der Waals surface area contributed by atoms with Crippen LogP contribution < -0.4 is 0 Å². The Kier molecular flexibility index (Phi) is 4.55. The zero-order valence-electron chi connectivity index (χ0n) is 9.23. The Labute approximate surface area is 91.1 Å². The fourth-order valence-corrected chi connectivity index (χ4v) is 1.19. The molecule has 0 heterocycles. The minimum atomic E-state index is 0.148. The Morgan fingerprint density at radius 2 is 1.93 bits per heavy atom. The lowest BCUT2D eigenvalue weighted by Crippen LogP contribution is -1.92. The molecule has 0 spiro atoms. The number of allylic oxidation sites excluding steroid dienone is 3. The van der Waals surface area contributed by atoms with Crippen molar-refractivity contribution in [2.24, 2.45) is 0 Å². The summed E-state index contributed by atoms with van der Waals surface area (Å²) in [7, 11) is 0. The molecule has 0 aromatic heterocycles. The fourth-order valence-electron chi connectivity index (χ4n) is 1.19. The van der Waals surface area contributed by atoms with Crippen molar-refractivity contribution in [3.8, 4) is 0 Å². The van der Waals surface area contributed by atoms with Gasteiger partial charge in [0.05, 0.1) is 0 Å². The van der Waals surface area contributed by atoms with E-state index in [1.54, 1.807) is 6.08 Å². The van der Waals surface area contributed by atoms with E-state index in [0.29, 0.717) is 6.42 Å². The molecule has 0 saturated heterocycles. The first-order valence-electron chi connectivity index (χ1n) is 5.10. The van der Waals surface area contributed by atoms with E-state index in [-0.39, 0.29) is 5.78 Å². The number of ketones is 1. The molecule has 0 radical (unpaired) electrons. The van der Waals surface area contributed by atoms with Crippen LogP contribution >= 0.6 is 0 Å². The van der Waals surface area contributed by atoms with E-state index in [1.165, 1.54) is 0 Å². The number of hydrogen-bond acceptors (Lipinski definition) is 1. The maximum atomic E-state index is 11.5. The monoisotopic (exact) mass is 200 g/mol. The minimum absolute atomic E-state index is 0.148. The average Bonchev–Trinajstić information content (AvgIpc) is 2.27. The molecule has 0 unspecified atom stereocenters. The third kappa shape index (κ3) is 4.41. The summed E-state index contributed by atoms with van der Waals surface area (Å²) in [6.45, 7) is 3.91. The summed E-state index contributed by atoms with van der Waals surface area (Å²) in [4.78, 5) is 11.5. The predicted octanol–water partition coefficient (Wildman–Crippen LogP) is 3.63. The largest absolute Gasteiger partial charge is 0.295 e. The molecule has 0 aliphatic carbocycles. The average molecular weight is 200 g/mol. The van der Waals surface area contributed by atoms with Gasteiger partial charge in [0.25, 0.3) is 0 Å². The van der Waals surface area contributed by atoms with Gasteiger partial charge in [0.15, 0.2) is 5.78 Å². The van der Waals surface area contributed by atoms with E-state index >= 15 is 0 Å². The van der Waals surface area contributed by atoms with E-state index in [2.05, 4.69) is 0 Å². The number of benzene rings is 1. The van der Waals surface area contributed by atoms with Gasteiger partial charge in [0, 0.05) is 6.42 Å². The van der Waals surface area contributed by atoms with Crippen molar-refractivity contribution in [2.45, 2.75) is 20.3 Å². The van der Waals surface area contributed by atoms with Gasteiger partial charge in [-0.05, 0) is 25.5 Å². The maximum absolute atomic E-state index is 11.5. The van der Waals surface area contributed by atoms with Crippen LogP contribution in [0, 0.1) is 0 Å². The third-order valence-electron chi connectivity index (χ3n) is 2.21. The van der Waals surface area contributed by atoms with Crippen molar-refractivity contribution in [3.63, 3.8) is 0 Å². The van der Waals surface area contributed by atoms with E-state index < -0.39 is 0 Å². The molecular weight excluding hydrogens is 184 g/mol. The molecule has 1 aromatic carbocycles. The molecule has 0 atom stereocenters. The molecule has 0 N–H and O–H groups in total. The lowest BCUT2D eigenvalue weighted by atomic mass is 10.1. The molecule has 0 bridgehead atoms. The van der Waals surface area contributed by atoms with Crippen LogP contribution in [0.15, 0.2) is 48.1 Å². The van der Waals surface area contributed by atoms with Crippen LogP contribution in [0.5, 0.6) is 0 Å². The Hall–Kier alpha value is -1.63. The highest BCUT2D eigenvalue weighted by Crippen LogP contribution is 2.04. The second-order valence-corrected chi connectivity index (χ2v) is 3.52. The quantitative estimate of drug-likeness (QED) is 0.536. The Balaban J connectivity index is 2.55. The smallest absolute Gasteiger partial charge is 0.159 e. The molecule has 1 heteroatoms. The zero-order chi connectivity index (χ0) is 11.1. The maximum Gasteiger partial charge on any atom is 0.159 e. The Bertz CT molecular complexity index is 372. The van der Waals surface area contributed by atoms with Gasteiger partial charge < -0.3 is 0 Å². The second kappa shape index (κ2) is 5.97. The summed E-state index contributed by atoms with van der Waals surface area (Å²) in [5.41, 5.74) is 2.17. The number of carbonyl (C=O) groups is 1. The highest BCUT2D eigenvalue weighted by atomic mass is 16.1. The molecule has 1 rings (SSSR count). The highest BCUT2D eigenvalue weighted by molar-refractivity contribution is 5.94. The molecule has 0 fully saturated rings. The molecule has 0 amide bonds. The number of hydrogen-bond donors (Lipinski definition) is 0. The summed E-state index contributed by atoms with van der Waals surface area (Å²) in [6.07, 6.45) is 5.97. The topological polar surface area (TPSA) is 17.1 Å². The van der Waals surface area contributed by atoms with E-state index in [9.17, 15) is 4.79 Å². The molecular formula is C14H16O. The van der Waals surface area contributed by atoms with Crippen LogP contribution in [0.2, 0.25) is 0 Å². The summed E-state index contributed by atoms with van der Waals surface area (Å²) < 4.78 is 0. The first-order valence-corrected chi connectivity index (χ1v) is 5.10. The summed E-state index contributed by atoms with van der Waals surface area (Å²) in [5, 5.41) is 0. The molecule has 1 aromatic rings. The fraction of sp³-hybridized carbons (Fsp3) is 0.214. The van der Waals surface area contributed by atoms with E-state index in [4.69, 9.17) is 0 Å². The van der Waals surface area contributed by atoms with Crippen molar-refractivity contribution in [1.82, 2.24) is 0 Å². The number of carbonyl (C=O) groups excluding carboxylic acids is 1. The van der Waals surface area contributed by atoms with Gasteiger partial charge in [-0.2, -0.15) is 0 Å². The summed E-state index contributed by atoms with van der Waals surface area (Å²) in [5.74, 6) is 0.148. The first-order chi connectivity index (χ1) is 7.22. The van der Waals surface area contributed by atoms with Crippen LogP contribution in [0.25, 0.3) is 6.08 Å². The van der Waals surface area contributed by atoms with E-state index in [1.807, 2.05) is 56.3 Å². The van der Waals surface area contributed by atoms with Gasteiger partial charge in [-0.25, -0.2) is 0 Å². The lowest BCUT2D eigenvalue weighted by Gasteiger charge is -1.95. The zero-order valence-corrected chi connectivity index (χ0v) is 9.23. The molecule has 0 aliphatic heterocycles. The lowest BCUT2D eigenvalue weighted by molar-refractivity contribution is -0.113. The Morgan fingerprint density at radius 1 is 1.27 bits per heavy atom. The van der Waals surface area contributed by atoms with Gasteiger partial charge in [0.1, 0.15) is 0 Å². The Morgan fingerprint density at radius 3 is 2.53 bits per heavy atom. The van der Waals surface area contributed by atoms with Crippen molar-refractivity contribution in [2.75, 3.05) is 0 Å². The highest BCUT2D eigenvalue weighted by Gasteiger charge is 1.96. The van der Waals surface area contributed by atoms with Gasteiger partial charge in [-0.3, -0.25) is 4.79 Å². The summed E-state index contributed by atoms with van der Waals surface area (Å²) in [6, 6.07) is 9.84. The molecule has 78 valence electrons. The predicted molar refractivity (Wildman–Crippen MR) is 64.5 cm³/mol. The normalized spacial score (nSPS) is 12.0. The van der Waals surface area contributed by atoms with Crippen LogP contribution in [-0.2, 0) is 4.79 Å². The van der Waals surface area contributed by atoms with Crippen LogP contribution in [0.4, 0.5) is 0 Å². The van der Waals surface area contributed by atoms with Gasteiger partial charge in [0.2, 0.25) is 0 Å². The first kappa shape index (κ1) is 11.4. The number of rotatable bonds is 4. The summed E-state index contributed by atoms with van der Waals surface area (Å²) >= 11 is 0. The van der Waals surface area contributed by atoms with Crippen molar-refractivity contribution >= 4 is 11.9 Å². The molecule has 0 saturated carbocycles. The van der Waals surface area contributed by atoms with Crippen LogP contribution in [-0.4, -0.2) is 5.78 Å².